The molecule has 0 fully saturated rings. The number of aromatic nitrogens is 5. The molecule has 3 heterocycles. The van der Waals surface area contributed by atoms with E-state index >= 15 is 0 Å². The van der Waals surface area contributed by atoms with E-state index in [9.17, 15) is 9.59 Å². The van der Waals surface area contributed by atoms with Crippen LogP contribution in [0.4, 0.5) is 5.95 Å². The number of anilines is 1. The fourth-order valence-electron chi connectivity index (χ4n) is 3.13. The number of fused-ring (bicyclic) bond motifs is 2. The van der Waals surface area contributed by atoms with Crippen molar-refractivity contribution in [2.45, 2.75) is 20.0 Å². The van der Waals surface area contributed by atoms with Gasteiger partial charge in [-0.05, 0) is 19.1 Å². The van der Waals surface area contributed by atoms with Crippen molar-refractivity contribution in [1.29, 1.82) is 0 Å². The van der Waals surface area contributed by atoms with E-state index in [-0.39, 0.29) is 24.6 Å². The Kier molecular flexibility index (Phi) is 4.48. The first-order chi connectivity index (χ1) is 13.6. The Bertz CT molecular complexity index is 1240. The first kappa shape index (κ1) is 17.7. The highest BCUT2D eigenvalue weighted by atomic mass is 16.2. The van der Waals surface area contributed by atoms with Crippen molar-refractivity contribution < 1.29 is 4.79 Å². The van der Waals surface area contributed by atoms with Crippen molar-refractivity contribution in [2.75, 3.05) is 12.3 Å². The molecule has 9 heteroatoms. The van der Waals surface area contributed by atoms with Gasteiger partial charge in [0.25, 0.3) is 11.5 Å². The van der Waals surface area contributed by atoms with E-state index in [1.165, 1.54) is 10.9 Å². The number of nitrogens with one attached hydrogen (secondary N) is 1. The van der Waals surface area contributed by atoms with Gasteiger partial charge in [-0.15, -0.1) is 0 Å². The van der Waals surface area contributed by atoms with E-state index in [1.807, 2.05) is 25.1 Å². The lowest BCUT2D eigenvalue weighted by Crippen LogP contribution is -2.32. The zero-order valence-corrected chi connectivity index (χ0v) is 15.3. The van der Waals surface area contributed by atoms with Crippen LogP contribution in [0.1, 0.15) is 17.3 Å². The van der Waals surface area contributed by atoms with E-state index in [2.05, 4.69) is 20.4 Å². The van der Waals surface area contributed by atoms with Crippen LogP contribution in [-0.4, -0.2) is 36.8 Å². The number of amides is 1. The average molecular weight is 377 g/mol. The van der Waals surface area contributed by atoms with Gasteiger partial charge in [0.15, 0.2) is 5.65 Å². The molecule has 142 valence electrons. The largest absolute Gasteiger partial charge is 0.369 e. The van der Waals surface area contributed by atoms with Crippen LogP contribution in [-0.2, 0) is 13.1 Å². The van der Waals surface area contributed by atoms with Crippen molar-refractivity contribution in [1.82, 2.24) is 29.6 Å². The number of rotatable bonds is 5. The van der Waals surface area contributed by atoms with Crippen LogP contribution in [0.3, 0.4) is 0 Å². The zero-order valence-electron chi connectivity index (χ0n) is 15.3. The molecular weight excluding hydrogens is 358 g/mol. The molecule has 1 aromatic carbocycles. The lowest BCUT2D eigenvalue weighted by Gasteiger charge is -2.08. The van der Waals surface area contributed by atoms with Crippen LogP contribution < -0.4 is 16.6 Å². The first-order valence-electron chi connectivity index (χ1n) is 8.93. The van der Waals surface area contributed by atoms with E-state index in [4.69, 9.17) is 5.73 Å². The summed E-state index contributed by atoms with van der Waals surface area (Å²) in [6, 6.07) is 8.92. The third-order valence-corrected chi connectivity index (χ3v) is 4.56. The van der Waals surface area contributed by atoms with Gasteiger partial charge in [-0.3, -0.25) is 14.2 Å². The molecule has 0 aliphatic heterocycles. The number of benzene rings is 1. The van der Waals surface area contributed by atoms with Crippen molar-refractivity contribution in [2.24, 2.45) is 0 Å². The molecule has 0 saturated heterocycles. The highest BCUT2D eigenvalue weighted by molar-refractivity contribution is 5.96. The highest BCUT2D eigenvalue weighted by Crippen LogP contribution is 2.16. The number of nitrogen functional groups attached to an aromatic ring is 1. The van der Waals surface area contributed by atoms with Gasteiger partial charge < -0.3 is 11.1 Å². The quantitative estimate of drug-likeness (QED) is 0.539. The molecular formula is C19H19N7O2. The monoisotopic (exact) mass is 377 g/mol. The summed E-state index contributed by atoms with van der Waals surface area (Å²) in [6.07, 6.45) is 3.14. The molecule has 0 spiro atoms. The number of nitrogens with zero attached hydrogens (tertiary/aromatic N) is 5. The molecule has 1 amide bonds. The standard InChI is InChI=1S/C19H19N7O2/c1-2-25-16-15(24-19(25)20)9-13(10-22-16)17(27)21-7-8-26-18(28)14-6-4-3-5-12(14)11-23-26/h3-6,9-11H,2,7-8H2,1H3,(H2,20,24)(H,21,27). The highest BCUT2D eigenvalue weighted by Gasteiger charge is 2.12. The summed E-state index contributed by atoms with van der Waals surface area (Å²) in [5.74, 6) is 0.0668. The maximum Gasteiger partial charge on any atom is 0.274 e. The fraction of sp³-hybridized carbons (Fsp3) is 0.211. The number of hydrogen-bond acceptors (Lipinski definition) is 6. The second-order valence-corrected chi connectivity index (χ2v) is 6.30. The molecule has 0 bridgehead atoms. The second kappa shape index (κ2) is 7.10. The maximum absolute atomic E-state index is 12.4. The van der Waals surface area contributed by atoms with Crippen LogP contribution in [0, 0.1) is 0 Å². The average Bonchev–Trinajstić information content (AvgIpc) is 3.03. The minimum atomic E-state index is -0.298. The Morgan fingerprint density at radius 3 is 2.89 bits per heavy atom. The van der Waals surface area contributed by atoms with Crippen molar-refractivity contribution in [3.05, 3.63) is 58.6 Å². The molecule has 0 radical (unpaired) electrons. The van der Waals surface area contributed by atoms with Crippen LogP contribution in [0.5, 0.6) is 0 Å². The smallest absolute Gasteiger partial charge is 0.274 e. The Labute approximate surface area is 159 Å². The second-order valence-electron chi connectivity index (χ2n) is 6.30. The number of aryl methyl sites for hydroxylation is 1. The predicted molar refractivity (Wildman–Crippen MR) is 106 cm³/mol. The molecule has 4 aromatic rings. The van der Waals surface area contributed by atoms with Gasteiger partial charge in [0.05, 0.1) is 23.7 Å². The van der Waals surface area contributed by atoms with Gasteiger partial charge in [0, 0.05) is 24.7 Å². The normalized spacial score (nSPS) is 11.2. The van der Waals surface area contributed by atoms with E-state index in [0.717, 1.165) is 5.39 Å². The SMILES string of the molecule is CCn1c(N)nc2cc(C(=O)NCCn3ncc4ccccc4c3=O)cnc21. The lowest BCUT2D eigenvalue weighted by molar-refractivity contribution is 0.0951. The van der Waals surface area contributed by atoms with Gasteiger partial charge in [-0.1, -0.05) is 18.2 Å². The molecule has 4 rings (SSSR count). The minimum absolute atomic E-state index is 0.184. The Hall–Kier alpha value is -3.75. The lowest BCUT2D eigenvalue weighted by atomic mass is 10.2. The molecule has 0 atom stereocenters. The maximum atomic E-state index is 12.4. The topological polar surface area (TPSA) is 121 Å². The number of pyridine rings is 1. The van der Waals surface area contributed by atoms with Crippen LogP contribution in [0.15, 0.2) is 47.5 Å². The third kappa shape index (κ3) is 3.07. The van der Waals surface area contributed by atoms with Crippen molar-refractivity contribution in [3.63, 3.8) is 0 Å². The molecule has 3 N–H and O–H groups in total. The molecule has 0 aliphatic carbocycles. The van der Waals surface area contributed by atoms with Gasteiger partial charge in [0.1, 0.15) is 5.52 Å². The van der Waals surface area contributed by atoms with Crippen molar-refractivity contribution >= 4 is 33.8 Å². The number of imidazole rings is 1. The van der Waals surface area contributed by atoms with Crippen LogP contribution in [0.2, 0.25) is 0 Å². The van der Waals surface area contributed by atoms with Crippen molar-refractivity contribution in [3.8, 4) is 0 Å². The zero-order chi connectivity index (χ0) is 19.7. The van der Waals surface area contributed by atoms with E-state index < -0.39 is 0 Å². The summed E-state index contributed by atoms with van der Waals surface area (Å²) >= 11 is 0. The number of carbonyl (C=O) groups is 1. The van der Waals surface area contributed by atoms with Gasteiger partial charge in [-0.2, -0.15) is 5.10 Å². The Balaban J connectivity index is 1.47. The number of carbonyl (C=O) groups excluding carboxylic acids is 1. The van der Waals surface area contributed by atoms with Crippen LogP contribution >= 0.6 is 0 Å². The summed E-state index contributed by atoms with van der Waals surface area (Å²) in [5.41, 5.74) is 7.27. The molecule has 3 aromatic heterocycles. The number of hydrogen-bond donors (Lipinski definition) is 2. The summed E-state index contributed by atoms with van der Waals surface area (Å²) in [6.45, 7) is 3.12. The van der Waals surface area contributed by atoms with Gasteiger partial charge in [0.2, 0.25) is 5.95 Å². The predicted octanol–water partition coefficient (Wildman–Crippen LogP) is 1.17. The third-order valence-electron chi connectivity index (χ3n) is 4.56. The summed E-state index contributed by atoms with van der Waals surface area (Å²) in [5, 5.41) is 8.32. The molecule has 28 heavy (non-hydrogen) atoms. The summed E-state index contributed by atoms with van der Waals surface area (Å²) in [7, 11) is 0. The van der Waals surface area contributed by atoms with E-state index in [1.54, 1.807) is 22.9 Å². The van der Waals surface area contributed by atoms with Gasteiger partial charge in [-0.25, -0.2) is 14.6 Å². The molecule has 0 aliphatic rings. The summed E-state index contributed by atoms with van der Waals surface area (Å²) in [4.78, 5) is 33.4. The molecule has 0 unspecified atom stereocenters. The van der Waals surface area contributed by atoms with E-state index in [0.29, 0.717) is 34.6 Å². The molecule has 9 nitrogen and oxygen atoms in total. The van der Waals surface area contributed by atoms with Gasteiger partial charge >= 0.3 is 0 Å². The Morgan fingerprint density at radius 2 is 2.07 bits per heavy atom. The Morgan fingerprint density at radius 1 is 1.25 bits per heavy atom. The first-order valence-corrected chi connectivity index (χ1v) is 8.93. The fourth-order valence-corrected chi connectivity index (χ4v) is 3.13. The van der Waals surface area contributed by atoms with Crippen LogP contribution in [0.25, 0.3) is 21.9 Å². The summed E-state index contributed by atoms with van der Waals surface area (Å²) < 4.78 is 3.11. The molecule has 0 saturated carbocycles. The number of nitrogens with two attached hydrogens (primary N) is 1. The minimum Gasteiger partial charge on any atom is -0.369 e.